The van der Waals surface area contributed by atoms with Crippen LogP contribution >= 0.6 is 0 Å². The van der Waals surface area contributed by atoms with Crippen molar-refractivity contribution in [3.8, 4) is 0 Å². The van der Waals surface area contributed by atoms with Crippen molar-refractivity contribution in [2.24, 2.45) is 0 Å². The first kappa shape index (κ1) is 17.1. The van der Waals surface area contributed by atoms with Crippen LogP contribution in [0.4, 0.5) is 18.9 Å². The van der Waals surface area contributed by atoms with Gasteiger partial charge in [-0.2, -0.15) is 13.2 Å². The maximum Gasteiger partial charge on any atom is 0.416 e. The van der Waals surface area contributed by atoms with E-state index in [9.17, 15) is 27.9 Å². The van der Waals surface area contributed by atoms with Gasteiger partial charge >= 0.3 is 12.1 Å². The Bertz CT molecular complexity index is 1090. The molecule has 1 aliphatic rings. The van der Waals surface area contributed by atoms with Crippen molar-refractivity contribution in [2.45, 2.75) is 11.7 Å². The van der Waals surface area contributed by atoms with Crippen LogP contribution in [0.25, 0.3) is 10.8 Å². The zero-order chi connectivity index (χ0) is 19.4. The smallest absolute Gasteiger partial charge is 0.416 e. The number of anilines is 1. The van der Waals surface area contributed by atoms with E-state index >= 15 is 0 Å². The van der Waals surface area contributed by atoms with Crippen molar-refractivity contribution in [1.82, 2.24) is 0 Å². The van der Waals surface area contributed by atoms with Crippen LogP contribution in [-0.4, -0.2) is 16.9 Å². The molecule has 0 bridgehead atoms. The number of hydrogen-bond donors (Lipinski definition) is 2. The number of carboxylic acid groups (broad SMARTS) is 1. The molecule has 1 aliphatic heterocycles. The van der Waals surface area contributed by atoms with E-state index in [0.29, 0.717) is 11.1 Å². The first-order valence-corrected chi connectivity index (χ1v) is 8.01. The van der Waals surface area contributed by atoms with Crippen LogP contribution in [0.5, 0.6) is 0 Å². The van der Waals surface area contributed by atoms with Crippen LogP contribution < -0.4 is 5.32 Å². The average Bonchev–Trinajstić information content (AvgIpc) is 2.95. The van der Waals surface area contributed by atoms with Crippen LogP contribution in [0, 0.1) is 0 Å². The number of halogens is 3. The molecule has 0 saturated carbocycles. The second-order valence-electron chi connectivity index (χ2n) is 6.29. The Morgan fingerprint density at radius 1 is 0.963 bits per heavy atom. The molecule has 3 aromatic rings. The Kier molecular flexibility index (Phi) is 3.53. The van der Waals surface area contributed by atoms with E-state index in [1.54, 1.807) is 18.2 Å². The van der Waals surface area contributed by atoms with Gasteiger partial charge in [0.1, 0.15) is 0 Å². The molecule has 0 fully saturated rings. The molecule has 0 aliphatic carbocycles. The summed E-state index contributed by atoms with van der Waals surface area (Å²) in [7, 11) is 0. The molecule has 0 unspecified atom stereocenters. The molecule has 4 rings (SSSR count). The number of hydrogen-bond acceptors (Lipinski definition) is 3. The standard InChI is InChI=1S/C20H12F3NO3/c21-20(22,23)13-8-6-12(7-9-13)19(18(26)27)17(25)15-10-5-11-3-1-2-4-14(11)16(15)24-19/h1-10,24H,(H,26,27)/t19-/m1/s1. The lowest BCUT2D eigenvalue weighted by Gasteiger charge is -2.24. The Balaban J connectivity index is 1.89. The molecular weight excluding hydrogens is 359 g/mol. The van der Waals surface area contributed by atoms with E-state index in [-0.39, 0.29) is 11.1 Å². The number of Topliss-reactive ketones (excluding diaryl/α,β-unsaturated/α-hetero) is 1. The Labute approximate surface area is 151 Å². The fraction of sp³-hybridized carbons (Fsp3) is 0.100. The molecule has 136 valence electrons. The van der Waals surface area contributed by atoms with Crippen LogP contribution in [0.15, 0.2) is 60.7 Å². The highest BCUT2D eigenvalue weighted by Crippen LogP contribution is 2.43. The van der Waals surface area contributed by atoms with Gasteiger partial charge < -0.3 is 10.4 Å². The Morgan fingerprint density at radius 3 is 2.26 bits per heavy atom. The lowest BCUT2D eigenvalue weighted by molar-refractivity contribution is -0.140. The monoisotopic (exact) mass is 371 g/mol. The summed E-state index contributed by atoms with van der Waals surface area (Å²) in [6, 6.07) is 14.0. The number of carbonyl (C=O) groups is 2. The molecule has 1 atom stereocenters. The van der Waals surface area contributed by atoms with Gasteiger partial charge in [-0.3, -0.25) is 4.79 Å². The summed E-state index contributed by atoms with van der Waals surface area (Å²) in [5.41, 5.74) is -2.60. The zero-order valence-electron chi connectivity index (χ0n) is 13.7. The third-order valence-corrected chi connectivity index (χ3v) is 4.79. The fourth-order valence-corrected chi connectivity index (χ4v) is 3.43. The average molecular weight is 371 g/mol. The van der Waals surface area contributed by atoms with Gasteiger partial charge in [-0.1, -0.05) is 42.5 Å². The maximum atomic E-state index is 13.0. The fourth-order valence-electron chi connectivity index (χ4n) is 3.43. The van der Waals surface area contributed by atoms with Crippen LogP contribution in [0.1, 0.15) is 21.5 Å². The van der Waals surface area contributed by atoms with Gasteiger partial charge in [-0.15, -0.1) is 0 Å². The second-order valence-corrected chi connectivity index (χ2v) is 6.29. The number of benzene rings is 3. The van der Waals surface area contributed by atoms with Gasteiger partial charge in [-0.05, 0) is 29.1 Å². The highest BCUT2D eigenvalue weighted by Gasteiger charge is 2.54. The van der Waals surface area contributed by atoms with E-state index in [2.05, 4.69) is 5.32 Å². The number of fused-ring (bicyclic) bond motifs is 3. The number of alkyl halides is 3. The van der Waals surface area contributed by atoms with Crippen molar-refractivity contribution < 1.29 is 27.9 Å². The zero-order valence-corrected chi connectivity index (χ0v) is 13.7. The van der Waals surface area contributed by atoms with Crippen LogP contribution in [0.2, 0.25) is 0 Å². The first-order valence-electron chi connectivity index (χ1n) is 8.01. The molecule has 0 radical (unpaired) electrons. The van der Waals surface area contributed by atoms with Gasteiger partial charge in [0.05, 0.1) is 11.3 Å². The van der Waals surface area contributed by atoms with Gasteiger partial charge in [-0.25, -0.2) is 4.79 Å². The minimum atomic E-state index is -4.55. The predicted molar refractivity (Wildman–Crippen MR) is 92.7 cm³/mol. The molecule has 0 spiro atoms. The molecule has 7 heteroatoms. The van der Waals surface area contributed by atoms with Gasteiger partial charge in [0.2, 0.25) is 11.3 Å². The quantitative estimate of drug-likeness (QED) is 0.654. The Hall–Kier alpha value is -3.35. The van der Waals surface area contributed by atoms with Gasteiger partial charge in [0, 0.05) is 10.9 Å². The minimum Gasteiger partial charge on any atom is -0.479 e. The summed E-state index contributed by atoms with van der Waals surface area (Å²) >= 11 is 0. The Morgan fingerprint density at radius 2 is 1.63 bits per heavy atom. The number of aliphatic carboxylic acids is 1. The molecule has 0 amide bonds. The summed E-state index contributed by atoms with van der Waals surface area (Å²) in [4.78, 5) is 25.1. The third-order valence-electron chi connectivity index (χ3n) is 4.79. The van der Waals surface area contributed by atoms with Crippen LogP contribution in [-0.2, 0) is 16.5 Å². The molecule has 2 N–H and O–H groups in total. The minimum absolute atomic E-state index is 0.0618. The van der Waals surface area contributed by atoms with E-state index in [0.717, 1.165) is 29.7 Å². The van der Waals surface area contributed by atoms with E-state index in [4.69, 9.17) is 0 Å². The lowest BCUT2D eigenvalue weighted by Crippen LogP contribution is -2.46. The van der Waals surface area contributed by atoms with E-state index < -0.39 is 29.0 Å². The third kappa shape index (κ3) is 2.38. The number of carboxylic acids is 1. The summed E-state index contributed by atoms with van der Waals surface area (Å²) in [5.74, 6) is -2.19. The summed E-state index contributed by atoms with van der Waals surface area (Å²) < 4.78 is 38.5. The van der Waals surface area contributed by atoms with Crippen molar-refractivity contribution in [3.63, 3.8) is 0 Å². The van der Waals surface area contributed by atoms with Gasteiger partial charge in [0.15, 0.2) is 0 Å². The molecule has 4 nitrogen and oxygen atoms in total. The number of ketones is 1. The van der Waals surface area contributed by atoms with Crippen molar-refractivity contribution in [1.29, 1.82) is 0 Å². The summed E-state index contributed by atoms with van der Waals surface area (Å²) in [6.45, 7) is 0. The van der Waals surface area contributed by atoms with E-state index in [1.165, 1.54) is 6.07 Å². The molecule has 0 aromatic heterocycles. The molecule has 27 heavy (non-hydrogen) atoms. The topological polar surface area (TPSA) is 66.4 Å². The van der Waals surface area contributed by atoms with Crippen molar-refractivity contribution >= 4 is 28.2 Å². The highest BCUT2D eigenvalue weighted by atomic mass is 19.4. The SMILES string of the molecule is O=C(O)[C@]1(c2ccc(C(F)(F)F)cc2)Nc2c(ccc3ccccc23)C1=O. The largest absolute Gasteiger partial charge is 0.479 e. The molecular formula is C20H12F3NO3. The number of nitrogens with one attached hydrogen (secondary N) is 1. The first-order chi connectivity index (χ1) is 12.7. The van der Waals surface area contributed by atoms with Crippen LogP contribution in [0.3, 0.4) is 0 Å². The highest BCUT2D eigenvalue weighted by molar-refractivity contribution is 6.27. The van der Waals surface area contributed by atoms with Crippen molar-refractivity contribution in [3.05, 3.63) is 77.4 Å². The summed E-state index contributed by atoms with van der Waals surface area (Å²) in [5, 5.41) is 14.1. The maximum absolute atomic E-state index is 13.0. The lowest BCUT2D eigenvalue weighted by atomic mass is 9.85. The number of carbonyl (C=O) groups excluding carboxylic acids is 1. The molecule has 3 aromatic carbocycles. The molecule has 1 heterocycles. The van der Waals surface area contributed by atoms with Crippen molar-refractivity contribution in [2.75, 3.05) is 5.32 Å². The number of rotatable bonds is 2. The second kappa shape index (κ2) is 5.57. The van der Waals surface area contributed by atoms with Gasteiger partial charge in [0.25, 0.3) is 0 Å². The predicted octanol–water partition coefficient (Wildman–Crippen LogP) is 4.45. The molecule has 0 saturated heterocycles. The summed E-state index contributed by atoms with van der Waals surface area (Å²) in [6.07, 6.45) is -4.55. The van der Waals surface area contributed by atoms with E-state index in [1.807, 2.05) is 12.1 Å². The normalized spacial score (nSPS) is 19.0.